The third-order valence-electron chi connectivity index (χ3n) is 5.17. The summed E-state index contributed by atoms with van der Waals surface area (Å²) in [6, 6.07) is 25.6. The summed E-state index contributed by atoms with van der Waals surface area (Å²) < 4.78 is 1.71. The molecular weight excluding hydrogens is 370 g/mol. The Morgan fingerprint density at radius 2 is 1.73 bits per heavy atom. The molecule has 2 N–H and O–H groups in total. The zero-order valence-electron chi connectivity index (χ0n) is 17.0. The SMILES string of the molecule is Cc1cccc(-c2cc(=O)n(C[C@@H](N)Cc3ccccc3)cc2-c2ccccn2)c1. The molecule has 4 aromatic rings. The van der Waals surface area contributed by atoms with Crippen molar-refractivity contribution in [2.24, 2.45) is 5.73 Å². The molecular formula is C26H25N3O. The van der Waals surface area contributed by atoms with Gasteiger partial charge in [-0.05, 0) is 42.2 Å². The van der Waals surface area contributed by atoms with Crippen LogP contribution in [-0.2, 0) is 13.0 Å². The van der Waals surface area contributed by atoms with E-state index in [-0.39, 0.29) is 11.6 Å². The van der Waals surface area contributed by atoms with Gasteiger partial charge >= 0.3 is 0 Å². The third-order valence-corrected chi connectivity index (χ3v) is 5.17. The van der Waals surface area contributed by atoms with Gasteiger partial charge < -0.3 is 10.3 Å². The van der Waals surface area contributed by atoms with E-state index in [2.05, 4.69) is 23.2 Å². The highest BCUT2D eigenvalue weighted by Gasteiger charge is 2.14. The first-order valence-electron chi connectivity index (χ1n) is 10.1. The van der Waals surface area contributed by atoms with Crippen molar-refractivity contribution in [2.45, 2.75) is 25.9 Å². The number of aromatic nitrogens is 2. The van der Waals surface area contributed by atoms with Crippen LogP contribution in [0.25, 0.3) is 22.4 Å². The predicted molar refractivity (Wildman–Crippen MR) is 122 cm³/mol. The number of aryl methyl sites for hydroxylation is 1. The Morgan fingerprint density at radius 1 is 0.933 bits per heavy atom. The first-order chi connectivity index (χ1) is 14.6. The Morgan fingerprint density at radius 3 is 2.47 bits per heavy atom. The Kier molecular flexibility index (Phi) is 5.87. The van der Waals surface area contributed by atoms with Crippen LogP contribution in [0.5, 0.6) is 0 Å². The fourth-order valence-electron chi connectivity index (χ4n) is 3.73. The number of hydrogen-bond acceptors (Lipinski definition) is 3. The van der Waals surface area contributed by atoms with E-state index >= 15 is 0 Å². The van der Waals surface area contributed by atoms with Crippen LogP contribution in [0, 0.1) is 6.92 Å². The lowest BCUT2D eigenvalue weighted by atomic mass is 9.97. The Bertz CT molecular complexity index is 1180. The standard InChI is InChI=1S/C26H25N3O/c1-19-8-7-11-21(14-19)23-16-26(30)29(18-24(23)25-12-5-6-13-28-25)17-22(27)15-20-9-3-2-4-10-20/h2-14,16,18,22H,15,17,27H2,1H3/t22-/m0/s1. The topological polar surface area (TPSA) is 60.9 Å². The quantitative estimate of drug-likeness (QED) is 0.524. The smallest absolute Gasteiger partial charge is 0.251 e. The largest absolute Gasteiger partial charge is 0.326 e. The minimum absolute atomic E-state index is 0.0605. The molecule has 0 aliphatic carbocycles. The van der Waals surface area contributed by atoms with Gasteiger partial charge in [0, 0.05) is 36.6 Å². The summed E-state index contributed by atoms with van der Waals surface area (Å²) in [5.41, 5.74) is 12.3. The van der Waals surface area contributed by atoms with Crippen molar-refractivity contribution in [3.8, 4) is 22.4 Å². The van der Waals surface area contributed by atoms with E-state index in [1.54, 1.807) is 16.8 Å². The van der Waals surface area contributed by atoms with E-state index in [0.717, 1.165) is 27.9 Å². The molecule has 0 fully saturated rings. The van der Waals surface area contributed by atoms with Crippen molar-refractivity contribution in [2.75, 3.05) is 0 Å². The molecule has 4 heteroatoms. The van der Waals surface area contributed by atoms with E-state index in [1.165, 1.54) is 5.56 Å². The van der Waals surface area contributed by atoms with Gasteiger partial charge in [-0.25, -0.2) is 0 Å². The van der Waals surface area contributed by atoms with E-state index in [4.69, 9.17) is 5.73 Å². The van der Waals surface area contributed by atoms with Crippen LogP contribution in [-0.4, -0.2) is 15.6 Å². The van der Waals surface area contributed by atoms with Gasteiger partial charge in [0.1, 0.15) is 0 Å². The first kappa shape index (κ1) is 19.8. The van der Waals surface area contributed by atoms with E-state index < -0.39 is 0 Å². The van der Waals surface area contributed by atoms with Crippen molar-refractivity contribution < 1.29 is 0 Å². The van der Waals surface area contributed by atoms with Crippen LogP contribution in [0.4, 0.5) is 0 Å². The zero-order valence-corrected chi connectivity index (χ0v) is 17.0. The molecule has 0 aliphatic heterocycles. The van der Waals surface area contributed by atoms with Crippen LogP contribution in [0.1, 0.15) is 11.1 Å². The predicted octanol–water partition coefficient (Wildman–Crippen LogP) is 4.46. The summed E-state index contributed by atoms with van der Waals surface area (Å²) in [5.74, 6) is 0. The summed E-state index contributed by atoms with van der Waals surface area (Å²) >= 11 is 0. The van der Waals surface area contributed by atoms with E-state index in [1.807, 2.05) is 67.7 Å². The summed E-state index contributed by atoms with van der Waals surface area (Å²) in [7, 11) is 0. The monoisotopic (exact) mass is 395 g/mol. The lowest BCUT2D eigenvalue weighted by molar-refractivity contribution is 0.538. The average Bonchev–Trinajstić information content (AvgIpc) is 2.76. The van der Waals surface area contributed by atoms with Crippen molar-refractivity contribution in [1.29, 1.82) is 0 Å². The molecule has 0 amide bonds. The minimum atomic E-state index is -0.161. The third kappa shape index (κ3) is 4.56. The van der Waals surface area contributed by atoms with Crippen molar-refractivity contribution >= 4 is 0 Å². The van der Waals surface area contributed by atoms with E-state index in [9.17, 15) is 4.79 Å². The molecule has 2 aromatic carbocycles. The molecule has 0 radical (unpaired) electrons. The molecule has 2 heterocycles. The lowest BCUT2D eigenvalue weighted by Gasteiger charge is -2.17. The number of pyridine rings is 2. The summed E-state index contributed by atoms with van der Waals surface area (Å²) in [5, 5.41) is 0. The van der Waals surface area contributed by atoms with Crippen LogP contribution in [0.2, 0.25) is 0 Å². The fraction of sp³-hybridized carbons (Fsp3) is 0.154. The normalized spacial score (nSPS) is 11.9. The van der Waals surface area contributed by atoms with Crippen LogP contribution in [0.3, 0.4) is 0 Å². The van der Waals surface area contributed by atoms with Gasteiger partial charge in [-0.1, -0.05) is 66.2 Å². The number of benzene rings is 2. The van der Waals surface area contributed by atoms with Crippen molar-refractivity contribution in [1.82, 2.24) is 9.55 Å². The second kappa shape index (κ2) is 8.89. The highest BCUT2D eigenvalue weighted by Crippen LogP contribution is 2.30. The molecule has 0 saturated heterocycles. The molecule has 150 valence electrons. The first-order valence-corrected chi connectivity index (χ1v) is 10.1. The number of rotatable bonds is 6. The molecule has 1 atom stereocenters. The second-order valence-electron chi connectivity index (χ2n) is 7.63. The molecule has 0 spiro atoms. The lowest BCUT2D eigenvalue weighted by Crippen LogP contribution is -2.33. The van der Waals surface area contributed by atoms with Gasteiger partial charge in [-0.3, -0.25) is 9.78 Å². The molecule has 4 nitrogen and oxygen atoms in total. The molecule has 0 unspecified atom stereocenters. The maximum absolute atomic E-state index is 13.0. The van der Waals surface area contributed by atoms with Gasteiger partial charge in [0.05, 0.1) is 5.69 Å². The van der Waals surface area contributed by atoms with Crippen LogP contribution >= 0.6 is 0 Å². The zero-order chi connectivity index (χ0) is 20.9. The van der Waals surface area contributed by atoms with Crippen LogP contribution < -0.4 is 11.3 Å². The minimum Gasteiger partial charge on any atom is -0.326 e. The van der Waals surface area contributed by atoms with Gasteiger partial charge in [0.2, 0.25) is 0 Å². The number of nitrogens with zero attached hydrogens (tertiary/aromatic N) is 2. The Hall–Kier alpha value is -3.50. The summed E-state index contributed by atoms with van der Waals surface area (Å²) in [6.45, 7) is 2.50. The Labute approximate surface area is 176 Å². The molecule has 4 rings (SSSR count). The summed E-state index contributed by atoms with van der Waals surface area (Å²) in [6.07, 6.45) is 4.38. The average molecular weight is 396 g/mol. The van der Waals surface area contributed by atoms with Crippen LogP contribution in [0.15, 0.2) is 96.1 Å². The van der Waals surface area contributed by atoms with Gasteiger partial charge in [-0.2, -0.15) is 0 Å². The molecule has 0 saturated carbocycles. The molecule has 0 aliphatic rings. The van der Waals surface area contributed by atoms with E-state index in [0.29, 0.717) is 13.0 Å². The number of hydrogen-bond donors (Lipinski definition) is 1. The second-order valence-corrected chi connectivity index (χ2v) is 7.63. The molecule has 0 bridgehead atoms. The highest BCUT2D eigenvalue weighted by molar-refractivity contribution is 5.81. The highest BCUT2D eigenvalue weighted by atomic mass is 16.1. The summed E-state index contributed by atoms with van der Waals surface area (Å²) in [4.78, 5) is 17.5. The van der Waals surface area contributed by atoms with Gasteiger partial charge in [0.25, 0.3) is 5.56 Å². The maximum atomic E-state index is 13.0. The van der Waals surface area contributed by atoms with Gasteiger partial charge in [-0.15, -0.1) is 0 Å². The Balaban J connectivity index is 1.73. The van der Waals surface area contributed by atoms with Crippen molar-refractivity contribution in [3.63, 3.8) is 0 Å². The molecule has 30 heavy (non-hydrogen) atoms. The number of nitrogens with two attached hydrogens (primary N) is 1. The fourth-order valence-corrected chi connectivity index (χ4v) is 3.73. The van der Waals surface area contributed by atoms with Gasteiger partial charge in [0.15, 0.2) is 0 Å². The molecule has 2 aromatic heterocycles. The maximum Gasteiger partial charge on any atom is 0.251 e. The van der Waals surface area contributed by atoms with Crippen molar-refractivity contribution in [3.05, 3.63) is 113 Å².